The molecule has 1 fully saturated rings. The number of ether oxygens (including phenoxy) is 1. The number of benzene rings is 2. The predicted molar refractivity (Wildman–Crippen MR) is 113 cm³/mol. The van der Waals surface area contributed by atoms with Gasteiger partial charge in [-0.05, 0) is 67.5 Å². The minimum Gasteiger partial charge on any atom is -0.494 e. The summed E-state index contributed by atoms with van der Waals surface area (Å²) in [5.74, 6) is 0.320. The van der Waals surface area contributed by atoms with Crippen LogP contribution in [0.25, 0.3) is 0 Å². The lowest BCUT2D eigenvalue weighted by Gasteiger charge is -2.21. The van der Waals surface area contributed by atoms with Crippen LogP contribution in [0, 0.1) is 5.82 Å². The van der Waals surface area contributed by atoms with Crippen LogP contribution in [0.1, 0.15) is 59.6 Å². The molecule has 0 heterocycles. The van der Waals surface area contributed by atoms with Crippen molar-refractivity contribution in [3.63, 3.8) is 0 Å². The van der Waals surface area contributed by atoms with Crippen molar-refractivity contribution in [1.82, 2.24) is 10.6 Å². The van der Waals surface area contributed by atoms with Crippen molar-refractivity contribution in [1.29, 1.82) is 0 Å². The zero-order valence-corrected chi connectivity index (χ0v) is 17.1. The molecule has 0 saturated heterocycles. The molecule has 6 heteroatoms. The van der Waals surface area contributed by atoms with Gasteiger partial charge in [0.05, 0.1) is 7.11 Å². The standard InChI is InChI=1S/C23H30FN3O2/c1-15(18-8-10-21(24)22(14-18)29-2)27-20-9-7-19(13-20)16-3-5-17(6-4-16)23(28)26-12-11-25/h3-6,8,10,14-15,19-20,27H,7,9,11-13,25H2,1-2H3,(H,26,28)/t15-,19+,20-/m1/s1. The maximum Gasteiger partial charge on any atom is 0.251 e. The number of carbonyl (C=O) groups excluding carboxylic acids is 1. The van der Waals surface area contributed by atoms with Crippen LogP contribution in [0.5, 0.6) is 5.75 Å². The van der Waals surface area contributed by atoms with Gasteiger partial charge in [0.15, 0.2) is 11.6 Å². The molecule has 1 saturated carbocycles. The Morgan fingerprint density at radius 2 is 2.00 bits per heavy atom. The topological polar surface area (TPSA) is 76.4 Å². The Morgan fingerprint density at radius 3 is 2.69 bits per heavy atom. The highest BCUT2D eigenvalue weighted by atomic mass is 19.1. The van der Waals surface area contributed by atoms with Crippen LogP contribution in [0.3, 0.4) is 0 Å². The van der Waals surface area contributed by atoms with E-state index in [9.17, 15) is 9.18 Å². The van der Waals surface area contributed by atoms with Crippen LogP contribution >= 0.6 is 0 Å². The number of hydrogen-bond donors (Lipinski definition) is 3. The molecule has 3 atom stereocenters. The van der Waals surface area contributed by atoms with Gasteiger partial charge in [0.25, 0.3) is 5.91 Å². The maximum absolute atomic E-state index is 13.6. The van der Waals surface area contributed by atoms with Crippen molar-refractivity contribution in [2.75, 3.05) is 20.2 Å². The lowest BCUT2D eigenvalue weighted by Crippen LogP contribution is -2.29. The largest absolute Gasteiger partial charge is 0.494 e. The van der Waals surface area contributed by atoms with Crippen molar-refractivity contribution in [3.8, 4) is 5.75 Å². The van der Waals surface area contributed by atoms with Crippen LogP contribution in [-0.4, -0.2) is 32.1 Å². The Hall–Kier alpha value is -2.44. The number of carbonyl (C=O) groups is 1. The predicted octanol–water partition coefficient (Wildman–Crippen LogP) is 3.51. The first-order valence-corrected chi connectivity index (χ1v) is 10.2. The minimum atomic E-state index is -0.343. The van der Waals surface area contributed by atoms with Crippen LogP contribution < -0.4 is 21.1 Å². The van der Waals surface area contributed by atoms with Gasteiger partial charge >= 0.3 is 0 Å². The van der Waals surface area contributed by atoms with Gasteiger partial charge in [0.2, 0.25) is 0 Å². The number of halogens is 1. The van der Waals surface area contributed by atoms with E-state index in [1.807, 2.05) is 12.1 Å². The van der Waals surface area contributed by atoms with E-state index in [0.717, 1.165) is 24.8 Å². The number of rotatable bonds is 8. The number of nitrogens with one attached hydrogen (secondary N) is 2. The molecule has 29 heavy (non-hydrogen) atoms. The van der Waals surface area contributed by atoms with Gasteiger partial charge in [0, 0.05) is 30.7 Å². The molecule has 1 aliphatic carbocycles. The quantitative estimate of drug-likeness (QED) is 0.635. The summed E-state index contributed by atoms with van der Waals surface area (Å²) >= 11 is 0. The Morgan fingerprint density at radius 1 is 1.24 bits per heavy atom. The van der Waals surface area contributed by atoms with Crippen molar-refractivity contribution >= 4 is 5.91 Å². The van der Waals surface area contributed by atoms with Crippen LogP contribution in [0.4, 0.5) is 4.39 Å². The monoisotopic (exact) mass is 399 g/mol. The second kappa shape index (κ2) is 9.85. The van der Waals surface area contributed by atoms with Crippen LogP contribution in [0.2, 0.25) is 0 Å². The number of amides is 1. The highest BCUT2D eigenvalue weighted by Crippen LogP contribution is 2.35. The molecule has 4 N–H and O–H groups in total. The van der Waals surface area contributed by atoms with Gasteiger partial charge in [-0.1, -0.05) is 18.2 Å². The van der Waals surface area contributed by atoms with Gasteiger partial charge in [-0.25, -0.2) is 4.39 Å². The van der Waals surface area contributed by atoms with E-state index >= 15 is 0 Å². The summed E-state index contributed by atoms with van der Waals surface area (Å²) in [5.41, 5.74) is 8.36. The fourth-order valence-electron chi connectivity index (χ4n) is 4.03. The van der Waals surface area contributed by atoms with Crippen LogP contribution in [0.15, 0.2) is 42.5 Å². The van der Waals surface area contributed by atoms with Gasteiger partial charge < -0.3 is 21.1 Å². The molecule has 3 rings (SSSR count). The molecule has 1 amide bonds. The Kier molecular flexibility index (Phi) is 7.23. The Labute approximate surface area is 171 Å². The molecule has 0 aromatic heterocycles. The molecule has 0 aliphatic heterocycles. The molecule has 1 aliphatic rings. The molecule has 0 bridgehead atoms. The van der Waals surface area contributed by atoms with E-state index in [1.165, 1.54) is 18.7 Å². The van der Waals surface area contributed by atoms with E-state index in [2.05, 4.69) is 29.7 Å². The molecule has 0 unspecified atom stereocenters. The van der Waals surface area contributed by atoms with E-state index in [4.69, 9.17) is 10.5 Å². The molecule has 0 radical (unpaired) electrons. The average Bonchev–Trinajstić information content (AvgIpc) is 3.20. The summed E-state index contributed by atoms with van der Waals surface area (Å²) in [4.78, 5) is 12.0. The highest BCUT2D eigenvalue weighted by molar-refractivity contribution is 5.94. The highest BCUT2D eigenvalue weighted by Gasteiger charge is 2.27. The average molecular weight is 400 g/mol. The van der Waals surface area contributed by atoms with E-state index in [-0.39, 0.29) is 23.5 Å². The summed E-state index contributed by atoms with van der Waals surface area (Å²) in [6.45, 7) is 3.01. The molecular weight excluding hydrogens is 369 g/mol. The molecule has 5 nitrogen and oxygen atoms in total. The van der Waals surface area contributed by atoms with Crippen molar-refractivity contribution in [2.45, 2.75) is 44.2 Å². The molecule has 2 aromatic rings. The lowest BCUT2D eigenvalue weighted by atomic mass is 9.96. The third-order valence-electron chi connectivity index (χ3n) is 5.67. The van der Waals surface area contributed by atoms with Gasteiger partial charge in [0.1, 0.15) is 0 Å². The first-order valence-electron chi connectivity index (χ1n) is 10.2. The van der Waals surface area contributed by atoms with Gasteiger partial charge in [-0.2, -0.15) is 0 Å². The second-order valence-corrected chi connectivity index (χ2v) is 7.66. The second-order valence-electron chi connectivity index (χ2n) is 7.66. The van der Waals surface area contributed by atoms with Gasteiger partial charge in [-0.15, -0.1) is 0 Å². The summed E-state index contributed by atoms with van der Waals surface area (Å²) in [6.07, 6.45) is 3.24. The van der Waals surface area contributed by atoms with Crippen LogP contribution in [-0.2, 0) is 0 Å². The molecule has 156 valence electrons. The van der Waals surface area contributed by atoms with Gasteiger partial charge in [-0.3, -0.25) is 4.79 Å². The van der Waals surface area contributed by atoms with E-state index in [1.54, 1.807) is 12.1 Å². The maximum atomic E-state index is 13.6. The molecule has 0 spiro atoms. The third kappa shape index (κ3) is 5.34. The van der Waals surface area contributed by atoms with E-state index in [0.29, 0.717) is 30.6 Å². The molecular formula is C23H30FN3O2. The molecule has 2 aromatic carbocycles. The number of hydrogen-bond acceptors (Lipinski definition) is 4. The summed E-state index contributed by atoms with van der Waals surface area (Å²) in [6, 6.07) is 13.4. The minimum absolute atomic E-state index is 0.0866. The normalized spacial score (nSPS) is 19.7. The third-order valence-corrected chi connectivity index (χ3v) is 5.67. The van der Waals surface area contributed by atoms with E-state index < -0.39 is 0 Å². The Bertz CT molecular complexity index is 825. The fourth-order valence-corrected chi connectivity index (χ4v) is 4.03. The van der Waals surface area contributed by atoms with Crippen molar-refractivity contribution in [3.05, 3.63) is 65.0 Å². The summed E-state index contributed by atoms with van der Waals surface area (Å²) in [5, 5.41) is 6.45. The van der Waals surface area contributed by atoms with Crippen molar-refractivity contribution in [2.24, 2.45) is 5.73 Å². The first-order chi connectivity index (χ1) is 14.0. The fraction of sp³-hybridized carbons (Fsp3) is 0.435. The summed E-state index contributed by atoms with van der Waals surface area (Å²) < 4.78 is 18.7. The number of methoxy groups -OCH3 is 1. The zero-order valence-electron chi connectivity index (χ0n) is 17.1. The smallest absolute Gasteiger partial charge is 0.251 e. The Balaban J connectivity index is 1.56. The van der Waals surface area contributed by atoms with Crippen molar-refractivity contribution < 1.29 is 13.9 Å². The first kappa shape index (κ1) is 21.3. The zero-order chi connectivity index (χ0) is 20.8. The lowest BCUT2D eigenvalue weighted by molar-refractivity contribution is 0.0954. The summed E-state index contributed by atoms with van der Waals surface area (Å²) in [7, 11) is 1.48. The number of nitrogens with two attached hydrogens (primary N) is 1. The SMILES string of the molecule is COc1cc([C@@H](C)N[C@@H]2CC[C@H](c3ccc(C(=O)NCCN)cc3)C2)ccc1F.